The topological polar surface area (TPSA) is 149 Å². The molecule has 1 amide bonds. The van der Waals surface area contributed by atoms with Gasteiger partial charge in [0.25, 0.3) is 0 Å². The van der Waals surface area contributed by atoms with Crippen molar-refractivity contribution in [2.45, 2.75) is 166 Å². The first-order chi connectivity index (χ1) is 21.3. The van der Waals surface area contributed by atoms with Crippen LogP contribution in [-0.4, -0.2) is 87.5 Å². The number of allylic oxidation sites excluding steroid dienone is 5. The van der Waals surface area contributed by atoms with Gasteiger partial charge in [-0.3, -0.25) is 4.79 Å². The molecule has 0 radical (unpaired) electrons. The highest BCUT2D eigenvalue weighted by Crippen LogP contribution is 2.22. The van der Waals surface area contributed by atoms with Gasteiger partial charge in [0.1, 0.15) is 24.4 Å². The van der Waals surface area contributed by atoms with Crippen molar-refractivity contribution in [3.05, 3.63) is 36.5 Å². The van der Waals surface area contributed by atoms with Crippen LogP contribution in [0.4, 0.5) is 0 Å². The van der Waals surface area contributed by atoms with Crippen molar-refractivity contribution in [1.82, 2.24) is 5.32 Å². The van der Waals surface area contributed by atoms with E-state index >= 15 is 0 Å². The zero-order valence-corrected chi connectivity index (χ0v) is 27.4. The molecule has 0 aromatic heterocycles. The molecule has 1 heterocycles. The predicted octanol–water partition coefficient (Wildman–Crippen LogP) is 4.99. The lowest BCUT2D eigenvalue weighted by Crippen LogP contribution is -2.60. The molecule has 9 heteroatoms. The minimum Gasteiger partial charge on any atom is -0.394 e. The van der Waals surface area contributed by atoms with Crippen molar-refractivity contribution < 1.29 is 39.8 Å². The van der Waals surface area contributed by atoms with E-state index in [4.69, 9.17) is 9.47 Å². The van der Waals surface area contributed by atoms with Crippen LogP contribution in [0, 0.1) is 0 Å². The molecule has 0 aromatic carbocycles. The fourth-order valence-corrected chi connectivity index (χ4v) is 5.07. The molecule has 256 valence electrons. The normalized spacial score (nSPS) is 24.0. The molecule has 1 fully saturated rings. The Morgan fingerprint density at radius 2 is 1.39 bits per heavy atom. The van der Waals surface area contributed by atoms with E-state index < -0.39 is 49.5 Å². The van der Waals surface area contributed by atoms with Crippen LogP contribution in [0.25, 0.3) is 0 Å². The summed E-state index contributed by atoms with van der Waals surface area (Å²) < 4.78 is 11.1. The number of nitrogens with one attached hydrogen (secondary N) is 1. The van der Waals surface area contributed by atoms with Crippen LogP contribution in [-0.2, 0) is 14.3 Å². The van der Waals surface area contributed by atoms with E-state index in [-0.39, 0.29) is 12.5 Å². The minimum absolute atomic E-state index is 0.196. The lowest BCUT2D eigenvalue weighted by atomic mass is 9.99. The summed E-state index contributed by atoms with van der Waals surface area (Å²) in [6.07, 6.45) is 22.0. The van der Waals surface area contributed by atoms with E-state index in [0.29, 0.717) is 6.42 Å². The van der Waals surface area contributed by atoms with Crippen LogP contribution in [0.1, 0.15) is 123 Å². The summed E-state index contributed by atoms with van der Waals surface area (Å²) in [6, 6.07) is -0.806. The van der Waals surface area contributed by atoms with E-state index in [9.17, 15) is 30.3 Å². The summed E-state index contributed by atoms with van der Waals surface area (Å²) >= 11 is 0. The maximum absolute atomic E-state index is 12.8. The first kappa shape index (κ1) is 40.4. The zero-order chi connectivity index (χ0) is 32.4. The number of amides is 1. The molecule has 0 bridgehead atoms. The Morgan fingerprint density at radius 3 is 2.05 bits per heavy atom. The molecule has 1 aliphatic rings. The Labute approximate surface area is 266 Å². The van der Waals surface area contributed by atoms with Gasteiger partial charge in [-0.05, 0) is 44.9 Å². The minimum atomic E-state index is -1.56. The van der Waals surface area contributed by atoms with Crippen molar-refractivity contribution in [1.29, 1.82) is 0 Å². The third-order valence-corrected chi connectivity index (χ3v) is 7.94. The number of carbonyl (C=O) groups excluding carboxylic acids is 1. The molecular formula is C35H63NO8. The van der Waals surface area contributed by atoms with Crippen LogP contribution in [0.5, 0.6) is 0 Å². The molecule has 44 heavy (non-hydrogen) atoms. The maximum atomic E-state index is 12.8. The Morgan fingerprint density at radius 1 is 0.773 bits per heavy atom. The van der Waals surface area contributed by atoms with Crippen molar-refractivity contribution in [3.63, 3.8) is 0 Å². The van der Waals surface area contributed by atoms with Crippen LogP contribution >= 0.6 is 0 Å². The maximum Gasteiger partial charge on any atom is 0.220 e. The van der Waals surface area contributed by atoms with Gasteiger partial charge in [0, 0.05) is 6.42 Å². The first-order valence-corrected chi connectivity index (χ1v) is 17.2. The fraction of sp³-hybridized carbons (Fsp3) is 0.800. The van der Waals surface area contributed by atoms with Crippen molar-refractivity contribution in [2.24, 2.45) is 0 Å². The van der Waals surface area contributed by atoms with E-state index in [0.717, 1.165) is 70.6 Å². The standard InChI is InChI=1S/C35H63NO8/c1-3-5-7-9-11-13-14-15-16-17-19-21-23-25-31(39)36-28(29(38)24-22-20-18-12-10-8-6-4-2)27-43-35-34(42)33(41)32(40)30(26-37)44-35/h7,9,13-14,22,24,28-30,32-35,37-38,40-42H,3-6,8,10-12,15-21,23,25-27H2,1-2H3,(H,36,39)/b9-7-,14-13-,24-22+. The smallest absolute Gasteiger partial charge is 0.220 e. The van der Waals surface area contributed by atoms with Gasteiger partial charge < -0.3 is 40.3 Å². The fourth-order valence-electron chi connectivity index (χ4n) is 5.07. The number of hydrogen-bond donors (Lipinski definition) is 6. The Bertz CT molecular complexity index is 787. The van der Waals surface area contributed by atoms with Gasteiger partial charge in [-0.2, -0.15) is 0 Å². The van der Waals surface area contributed by atoms with E-state index in [1.54, 1.807) is 6.08 Å². The molecule has 1 saturated heterocycles. The van der Waals surface area contributed by atoms with Gasteiger partial charge in [0.2, 0.25) is 5.91 Å². The summed E-state index contributed by atoms with van der Waals surface area (Å²) in [5.41, 5.74) is 0. The average Bonchev–Trinajstić information content (AvgIpc) is 3.02. The summed E-state index contributed by atoms with van der Waals surface area (Å²) in [6.45, 7) is 3.61. The van der Waals surface area contributed by atoms with Crippen LogP contribution in [0.2, 0.25) is 0 Å². The Kier molecular flexibility index (Phi) is 24.5. The predicted molar refractivity (Wildman–Crippen MR) is 175 cm³/mol. The van der Waals surface area contributed by atoms with Crippen molar-refractivity contribution in [2.75, 3.05) is 13.2 Å². The lowest BCUT2D eigenvalue weighted by Gasteiger charge is -2.40. The third-order valence-electron chi connectivity index (χ3n) is 7.94. The van der Waals surface area contributed by atoms with E-state index in [1.165, 1.54) is 32.1 Å². The highest BCUT2D eigenvalue weighted by atomic mass is 16.7. The number of unbranched alkanes of at least 4 members (excludes halogenated alkanes) is 12. The lowest BCUT2D eigenvalue weighted by molar-refractivity contribution is -0.302. The number of hydrogen-bond acceptors (Lipinski definition) is 8. The zero-order valence-electron chi connectivity index (χ0n) is 27.4. The second kappa shape index (κ2) is 26.6. The van der Waals surface area contributed by atoms with Crippen molar-refractivity contribution in [3.8, 4) is 0 Å². The molecule has 0 aliphatic carbocycles. The van der Waals surface area contributed by atoms with Gasteiger partial charge in [-0.1, -0.05) is 108 Å². The van der Waals surface area contributed by atoms with Gasteiger partial charge in [-0.25, -0.2) is 0 Å². The Hall–Kier alpha value is -1.59. The second-order valence-corrected chi connectivity index (χ2v) is 12.0. The molecule has 1 aliphatic heterocycles. The van der Waals surface area contributed by atoms with Gasteiger partial charge in [0.15, 0.2) is 6.29 Å². The Balaban J connectivity index is 2.51. The summed E-state index contributed by atoms with van der Waals surface area (Å²) in [5, 5.41) is 53.6. The number of carbonyl (C=O) groups is 1. The van der Waals surface area contributed by atoms with Gasteiger partial charge >= 0.3 is 0 Å². The van der Waals surface area contributed by atoms with Gasteiger partial charge in [0.05, 0.1) is 25.4 Å². The van der Waals surface area contributed by atoms with E-state index in [1.807, 2.05) is 6.08 Å². The largest absolute Gasteiger partial charge is 0.394 e. The first-order valence-electron chi connectivity index (χ1n) is 17.2. The summed E-state index contributed by atoms with van der Waals surface area (Å²) in [4.78, 5) is 12.8. The highest BCUT2D eigenvalue weighted by Gasteiger charge is 2.44. The summed E-state index contributed by atoms with van der Waals surface area (Å²) in [7, 11) is 0. The number of aliphatic hydroxyl groups excluding tert-OH is 5. The average molecular weight is 626 g/mol. The monoisotopic (exact) mass is 625 g/mol. The summed E-state index contributed by atoms with van der Waals surface area (Å²) in [5.74, 6) is -0.199. The van der Waals surface area contributed by atoms with Crippen LogP contribution in [0.3, 0.4) is 0 Å². The molecule has 0 saturated carbocycles. The third kappa shape index (κ3) is 18.4. The molecular weight excluding hydrogens is 562 g/mol. The molecule has 1 rings (SSSR count). The highest BCUT2D eigenvalue weighted by molar-refractivity contribution is 5.76. The van der Waals surface area contributed by atoms with Crippen molar-refractivity contribution >= 4 is 5.91 Å². The van der Waals surface area contributed by atoms with Crippen LogP contribution in [0.15, 0.2) is 36.5 Å². The molecule has 9 nitrogen and oxygen atoms in total. The number of ether oxygens (including phenoxy) is 2. The molecule has 7 unspecified atom stereocenters. The number of aliphatic hydroxyl groups is 5. The molecule has 0 aromatic rings. The van der Waals surface area contributed by atoms with Gasteiger partial charge in [-0.15, -0.1) is 0 Å². The number of rotatable bonds is 26. The van der Waals surface area contributed by atoms with Crippen LogP contribution < -0.4 is 5.32 Å². The molecule has 0 spiro atoms. The second-order valence-electron chi connectivity index (χ2n) is 12.0. The quantitative estimate of drug-likeness (QED) is 0.0582. The SMILES string of the molecule is CCC/C=C\C/C=C\CCCCCCCC(=O)NC(COC1OC(CO)C(O)C(O)C1O)C(O)/C=C/CCCCCCCC. The molecule has 6 N–H and O–H groups in total. The van der Waals surface area contributed by atoms with E-state index in [2.05, 4.69) is 43.5 Å². The molecule has 7 atom stereocenters.